The molecule has 0 saturated carbocycles. The third-order valence-electron chi connectivity index (χ3n) is 3.65. The first-order valence-electron chi connectivity index (χ1n) is 7.65. The summed E-state index contributed by atoms with van der Waals surface area (Å²) in [6.07, 6.45) is 1.67. The largest absolute Gasteiger partial charge is 0.384 e. The molecule has 3 N–H and O–H groups in total. The number of benzene rings is 1. The Kier molecular flexibility index (Phi) is 3.59. The number of anilines is 2. The molecule has 0 unspecified atom stereocenters. The van der Waals surface area contributed by atoms with Crippen molar-refractivity contribution >= 4 is 23.1 Å². The molecule has 4 aromatic rings. The van der Waals surface area contributed by atoms with Crippen molar-refractivity contribution < 1.29 is 4.79 Å². The van der Waals surface area contributed by atoms with Gasteiger partial charge in [0.25, 0.3) is 5.91 Å². The number of para-hydroxylation sites is 1. The molecule has 3 aromatic heterocycles. The van der Waals surface area contributed by atoms with Crippen LogP contribution in [-0.4, -0.2) is 25.5 Å². The predicted octanol–water partition coefficient (Wildman–Crippen LogP) is 2.63. The summed E-state index contributed by atoms with van der Waals surface area (Å²) in [5.74, 6) is 0.515. The zero-order valence-electron chi connectivity index (χ0n) is 13.1. The average molecular weight is 330 g/mol. The quantitative estimate of drug-likeness (QED) is 0.602. The zero-order chi connectivity index (χ0) is 17.2. The predicted molar refractivity (Wildman–Crippen MR) is 95.0 cm³/mol. The lowest BCUT2D eigenvalue weighted by Crippen LogP contribution is -2.13. The van der Waals surface area contributed by atoms with E-state index in [2.05, 4.69) is 20.4 Å². The van der Waals surface area contributed by atoms with Gasteiger partial charge < -0.3 is 11.1 Å². The Morgan fingerprint density at radius 2 is 1.84 bits per heavy atom. The van der Waals surface area contributed by atoms with Gasteiger partial charge in [0.15, 0.2) is 5.65 Å². The number of nitrogens with zero attached hydrogens (tertiary/aromatic N) is 4. The Morgan fingerprint density at radius 1 is 1.04 bits per heavy atom. The lowest BCUT2D eigenvalue weighted by molar-refractivity contribution is 0.102. The van der Waals surface area contributed by atoms with Crippen LogP contribution in [-0.2, 0) is 0 Å². The fourth-order valence-corrected chi connectivity index (χ4v) is 2.47. The molecule has 0 aliphatic rings. The lowest BCUT2D eigenvalue weighted by atomic mass is 10.2. The molecule has 0 saturated heterocycles. The number of rotatable bonds is 3. The molecular formula is C18H14N6O. The Bertz CT molecular complexity index is 1040. The molecule has 25 heavy (non-hydrogen) atoms. The number of fused-ring (bicyclic) bond motifs is 1. The molecule has 3 heterocycles. The van der Waals surface area contributed by atoms with Crippen LogP contribution in [0.25, 0.3) is 17.2 Å². The minimum Gasteiger partial charge on any atom is -0.384 e. The van der Waals surface area contributed by atoms with Crippen molar-refractivity contribution in [2.75, 3.05) is 11.1 Å². The molecule has 0 spiro atoms. The molecule has 4 rings (SSSR count). The highest BCUT2D eigenvalue weighted by molar-refractivity contribution is 6.05. The van der Waals surface area contributed by atoms with Crippen molar-refractivity contribution in [3.05, 3.63) is 72.4 Å². The van der Waals surface area contributed by atoms with Gasteiger partial charge in [0.05, 0.1) is 0 Å². The van der Waals surface area contributed by atoms with Gasteiger partial charge >= 0.3 is 0 Å². The summed E-state index contributed by atoms with van der Waals surface area (Å²) in [5.41, 5.74) is 8.29. The number of pyridine rings is 2. The van der Waals surface area contributed by atoms with Gasteiger partial charge in [0, 0.05) is 17.4 Å². The van der Waals surface area contributed by atoms with E-state index in [0.717, 1.165) is 0 Å². The van der Waals surface area contributed by atoms with Crippen LogP contribution in [0.4, 0.5) is 11.5 Å². The number of nitrogens with two attached hydrogens (primary N) is 1. The van der Waals surface area contributed by atoms with Crippen molar-refractivity contribution in [2.45, 2.75) is 0 Å². The molecule has 1 amide bonds. The summed E-state index contributed by atoms with van der Waals surface area (Å²) in [5, 5.41) is 7.18. The highest BCUT2D eigenvalue weighted by Gasteiger charge is 2.14. The van der Waals surface area contributed by atoms with E-state index in [9.17, 15) is 4.79 Å². The van der Waals surface area contributed by atoms with Gasteiger partial charge in [-0.05, 0) is 36.4 Å². The Labute approximate surface area is 143 Å². The normalized spacial score (nSPS) is 10.7. The van der Waals surface area contributed by atoms with E-state index in [4.69, 9.17) is 5.73 Å². The van der Waals surface area contributed by atoms with E-state index >= 15 is 0 Å². The van der Waals surface area contributed by atoms with Crippen LogP contribution < -0.4 is 11.1 Å². The van der Waals surface area contributed by atoms with E-state index < -0.39 is 0 Å². The van der Waals surface area contributed by atoms with Crippen molar-refractivity contribution in [3.8, 4) is 11.5 Å². The summed E-state index contributed by atoms with van der Waals surface area (Å²) in [6, 6.07) is 17.9. The van der Waals surface area contributed by atoms with E-state index in [-0.39, 0.29) is 5.91 Å². The summed E-state index contributed by atoms with van der Waals surface area (Å²) in [4.78, 5) is 21.1. The van der Waals surface area contributed by atoms with Gasteiger partial charge in [-0.15, -0.1) is 5.10 Å². The Hall–Kier alpha value is -3.74. The van der Waals surface area contributed by atoms with Crippen LogP contribution in [0.15, 0.2) is 66.9 Å². The maximum atomic E-state index is 12.5. The van der Waals surface area contributed by atoms with Crippen LogP contribution >= 0.6 is 0 Å². The number of nitrogen functional groups attached to an aromatic ring is 1. The van der Waals surface area contributed by atoms with Crippen molar-refractivity contribution in [3.63, 3.8) is 0 Å². The van der Waals surface area contributed by atoms with Crippen LogP contribution in [0.2, 0.25) is 0 Å². The molecule has 0 fully saturated rings. The summed E-state index contributed by atoms with van der Waals surface area (Å²) in [6.45, 7) is 0. The molecule has 7 heteroatoms. The van der Waals surface area contributed by atoms with Gasteiger partial charge in [-0.3, -0.25) is 9.78 Å². The number of hydrogen-bond donors (Lipinski definition) is 2. The second-order valence-electron chi connectivity index (χ2n) is 5.41. The Balaban J connectivity index is 1.70. The SMILES string of the molecule is Nc1cc(C(=O)Nc2ccccc2)cc2nc(-c3ccccn3)nn12. The molecule has 0 bridgehead atoms. The van der Waals surface area contributed by atoms with Gasteiger partial charge in [-0.25, -0.2) is 4.98 Å². The summed E-state index contributed by atoms with van der Waals surface area (Å²) >= 11 is 0. The number of aromatic nitrogens is 4. The van der Waals surface area contributed by atoms with Crippen molar-refractivity contribution in [1.29, 1.82) is 0 Å². The van der Waals surface area contributed by atoms with Gasteiger partial charge in [0.2, 0.25) is 5.82 Å². The standard InChI is InChI=1S/C18H14N6O/c19-15-10-12(18(25)21-13-6-2-1-3-7-13)11-16-22-17(23-24(15)16)14-8-4-5-9-20-14/h1-11H,19H2,(H,21,25). The maximum absolute atomic E-state index is 12.5. The van der Waals surface area contributed by atoms with Gasteiger partial charge in [-0.1, -0.05) is 24.3 Å². The van der Waals surface area contributed by atoms with Gasteiger partial charge in [0.1, 0.15) is 11.5 Å². The second-order valence-corrected chi connectivity index (χ2v) is 5.41. The molecule has 1 aromatic carbocycles. The molecule has 0 aliphatic carbocycles. The van der Waals surface area contributed by atoms with Crippen LogP contribution in [0.5, 0.6) is 0 Å². The van der Waals surface area contributed by atoms with Crippen LogP contribution in [0, 0.1) is 0 Å². The number of carbonyl (C=O) groups is 1. The van der Waals surface area contributed by atoms with Crippen LogP contribution in [0.3, 0.4) is 0 Å². The monoisotopic (exact) mass is 330 g/mol. The number of amides is 1. The summed E-state index contributed by atoms with van der Waals surface area (Å²) < 4.78 is 1.49. The van der Waals surface area contributed by atoms with Crippen LogP contribution in [0.1, 0.15) is 10.4 Å². The molecule has 122 valence electrons. The topological polar surface area (TPSA) is 98.2 Å². The fraction of sp³-hybridized carbons (Fsp3) is 0. The summed E-state index contributed by atoms with van der Waals surface area (Å²) in [7, 11) is 0. The maximum Gasteiger partial charge on any atom is 0.255 e. The molecule has 0 atom stereocenters. The van der Waals surface area contributed by atoms with E-state index in [1.54, 1.807) is 18.3 Å². The molecule has 0 radical (unpaired) electrons. The van der Waals surface area contributed by atoms with E-state index in [1.807, 2.05) is 48.5 Å². The van der Waals surface area contributed by atoms with Gasteiger partial charge in [-0.2, -0.15) is 4.52 Å². The van der Waals surface area contributed by atoms with Crippen molar-refractivity contribution in [1.82, 2.24) is 19.6 Å². The zero-order valence-corrected chi connectivity index (χ0v) is 13.1. The third kappa shape index (κ3) is 2.90. The first-order chi connectivity index (χ1) is 12.2. The smallest absolute Gasteiger partial charge is 0.255 e. The molecular weight excluding hydrogens is 316 g/mol. The Morgan fingerprint density at radius 3 is 2.60 bits per heavy atom. The third-order valence-corrected chi connectivity index (χ3v) is 3.65. The molecule has 0 aliphatic heterocycles. The number of nitrogens with one attached hydrogen (secondary N) is 1. The highest BCUT2D eigenvalue weighted by atomic mass is 16.1. The first-order valence-corrected chi connectivity index (χ1v) is 7.65. The average Bonchev–Trinajstić information content (AvgIpc) is 3.08. The van der Waals surface area contributed by atoms with Crippen molar-refractivity contribution in [2.24, 2.45) is 0 Å². The molecule has 7 nitrogen and oxygen atoms in total. The highest BCUT2D eigenvalue weighted by Crippen LogP contribution is 2.18. The first kappa shape index (κ1) is 14.8. The minimum absolute atomic E-state index is 0.261. The van der Waals surface area contributed by atoms with E-state index in [0.29, 0.717) is 34.2 Å². The number of hydrogen-bond acceptors (Lipinski definition) is 5. The van der Waals surface area contributed by atoms with E-state index in [1.165, 1.54) is 4.52 Å². The lowest BCUT2D eigenvalue weighted by Gasteiger charge is -2.06. The number of carbonyl (C=O) groups excluding carboxylic acids is 1. The minimum atomic E-state index is -0.261. The fourth-order valence-electron chi connectivity index (χ4n) is 2.47. The second kappa shape index (κ2) is 6.04.